The largest absolute Gasteiger partial charge is 0.424 e. The van der Waals surface area contributed by atoms with E-state index in [9.17, 15) is 23.1 Å². The fraction of sp³-hybridized carbons (Fsp3) is 0.211. The molecular weight excluding hydrogens is 437 g/mol. The first-order valence-corrected chi connectivity index (χ1v) is 10.5. The topological polar surface area (TPSA) is 90.9 Å². The Balaban J connectivity index is 1.54. The van der Waals surface area contributed by atoms with Gasteiger partial charge in [0.25, 0.3) is 0 Å². The number of nitrogens with zero attached hydrogens (tertiary/aromatic N) is 2. The third kappa shape index (κ3) is 3.71. The lowest BCUT2D eigenvalue weighted by Gasteiger charge is -2.27. The minimum absolute atomic E-state index is 0.139. The van der Waals surface area contributed by atoms with Crippen molar-refractivity contribution in [3.05, 3.63) is 51.9 Å². The maximum absolute atomic E-state index is 13.6. The number of hydrogen-bond donors (Lipinski definition) is 3. The summed E-state index contributed by atoms with van der Waals surface area (Å²) in [5.41, 5.74) is -0.726. The van der Waals surface area contributed by atoms with Crippen molar-refractivity contribution in [2.75, 3.05) is 5.32 Å². The van der Waals surface area contributed by atoms with Crippen molar-refractivity contribution in [1.82, 2.24) is 15.0 Å². The van der Waals surface area contributed by atoms with E-state index in [2.05, 4.69) is 20.3 Å². The van der Waals surface area contributed by atoms with Gasteiger partial charge in [0.15, 0.2) is 5.13 Å². The number of alkyl halides is 3. The summed E-state index contributed by atoms with van der Waals surface area (Å²) in [5, 5.41) is 16.2. The highest BCUT2D eigenvalue weighted by molar-refractivity contribution is 7.14. The highest BCUT2D eigenvalue weighted by atomic mass is 32.1. The number of halogens is 3. The lowest BCUT2D eigenvalue weighted by atomic mass is 9.99. The summed E-state index contributed by atoms with van der Waals surface area (Å²) in [4.78, 5) is 23.5. The molecule has 1 unspecified atom stereocenters. The van der Waals surface area contributed by atoms with Gasteiger partial charge < -0.3 is 15.4 Å². The third-order valence-corrected chi connectivity index (χ3v) is 6.34. The van der Waals surface area contributed by atoms with Crippen molar-refractivity contribution in [3.63, 3.8) is 0 Å². The van der Waals surface area contributed by atoms with E-state index >= 15 is 0 Å². The van der Waals surface area contributed by atoms with Crippen molar-refractivity contribution in [3.8, 4) is 11.3 Å². The molecule has 1 amide bonds. The van der Waals surface area contributed by atoms with Crippen LogP contribution in [-0.4, -0.2) is 32.1 Å². The van der Waals surface area contributed by atoms with E-state index in [1.54, 1.807) is 11.6 Å². The van der Waals surface area contributed by atoms with E-state index in [4.69, 9.17) is 0 Å². The zero-order chi connectivity index (χ0) is 21.5. The molecular formula is C19H15F3N4O2S2. The first-order chi connectivity index (χ1) is 14.2. The number of aliphatic hydroxyl groups is 1. The Morgan fingerprint density at radius 3 is 2.67 bits per heavy atom. The molecule has 4 aromatic rings. The number of nitrogens with one attached hydrogen (secondary N) is 2. The van der Waals surface area contributed by atoms with E-state index < -0.39 is 29.1 Å². The summed E-state index contributed by atoms with van der Waals surface area (Å²) in [5.74, 6) is -1.01. The number of para-hydroxylation sites is 1. The van der Waals surface area contributed by atoms with E-state index in [1.165, 1.54) is 12.3 Å². The fourth-order valence-electron chi connectivity index (χ4n) is 2.98. The molecule has 0 aliphatic heterocycles. The molecule has 1 aromatic carbocycles. The number of aromatic amines is 1. The molecule has 6 nitrogen and oxygen atoms in total. The monoisotopic (exact) mass is 452 g/mol. The summed E-state index contributed by atoms with van der Waals surface area (Å²) in [6, 6.07) is 7.60. The summed E-state index contributed by atoms with van der Waals surface area (Å²) >= 11 is 1.74. The first-order valence-electron chi connectivity index (χ1n) is 8.71. The van der Waals surface area contributed by atoms with Gasteiger partial charge in [-0.15, -0.1) is 22.7 Å². The van der Waals surface area contributed by atoms with E-state index in [0.717, 1.165) is 27.8 Å². The van der Waals surface area contributed by atoms with Crippen LogP contribution in [0.1, 0.15) is 17.1 Å². The second kappa shape index (κ2) is 7.49. The predicted molar refractivity (Wildman–Crippen MR) is 109 cm³/mol. The lowest BCUT2D eigenvalue weighted by molar-refractivity contribution is -0.266. The molecule has 156 valence electrons. The molecule has 0 fully saturated rings. The Morgan fingerprint density at radius 2 is 1.97 bits per heavy atom. The number of amides is 1. The molecule has 1 atom stereocenters. The van der Waals surface area contributed by atoms with Crippen LogP contribution in [0.4, 0.5) is 18.3 Å². The highest BCUT2D eigenvalue weighted by Crippen LogP contribution is 2.43. The van der Waals surface area contributed by atoms with Gasteiger partial charge in [-0.05, 0) is 13.0 Å². The van der Waals surface area contributed by atoms with Crippen LogP contribution < -0.4 is 5.32 Å². The zero-order valence-corrected chi connectivity index (χ0v) is 17.1. The van der Waals surface area contributed by atoms with Crippen molar-refractivity contribution in [1.29, 1.82) is 0 Å². The molecule has 0 bridgehead atoms. The number of carbonyl (C=O) groups excluding carboxylic acids is 1. The normalized spacial score (nSPS) is 14.0. The van der Waals surface area contributed by atoms with Gasteiger partial charge in [0, 0.05) is 39.1 Å². The van der Waals surface area contributed by atoms with Crippen molar-refractivity contribution < 1.29 is 23.1 Å². The van der Waals surface area contributed by atoms with Crippen molar-refractivity contribution in [2.45, 2.75) is 25.1 Å². The Bertz CT molecular complexity index is 1210. The molecule has 3 aromatic heterocycles. The zero-order valence-electron chi connectivity index (χ0n) is 15.4. The molecule has 0 spiro atoms. The van der Waals surface area contributed by atoms with Crippen molar-refractivity contribution >= 4 is 44.6 Å². The smallest absolute Gasteiger partial charge is 0.374 e. The van der Waals surface area contributed by atoms with Crippen LogP contribution in [0, 0.1) is 6.92 Å². The van der Waals surface area contributed by atoms with Crippen LogP contribution in [0.3, 0.4) is 0 Å². The number of fused-ring (bicyclic) bond motifs is 1. The highest BCUT2D eigenvalue weighted by Gasteiger charge is 2.58. The Morgan fingerprint density at radius 1 is 1.20 bits per heavy atom. The van der Waals surface area contributed by atoms with E-state index in [0.29, 0.717) is 22.7 Å². The molecule has 0 aliphatic rings. The lowest BCUT2D eigenvalue weighted by Crippen LogP contribution is -2.45. The molecule has 0 radical (unpaired) electrons. The van der Waals surface area contributed by atoms with Gasteiger partial charge in [0.1, 0.15) is 5.01 Å². The average Bonchev–Trinajstić information content (AvgIpc) is 3.39. The molecule has 30 heavy (non-hydrogen) atoms. The number of H-pyrrole nitrogens is 1. The van der Waals surface area contributed by atoms with Crippen LogP contribution >= 0.6 is 22.7 Å². The second-order valence-electron chi connectivity index (χ2n) is 6.66. The van der Waals surface area contributed by atoms with Crippen LogP contribution in [0.25, 0.3) is 22.2 Å². The van der Waals surface area contributed by atoms with Gasteiger partial charge in [-0.25, -0.2) is 9.97 Å². The molecule has 3 N–H and O–H groups in total. The van der Waals surface area contributed by atoms with Crippen LogP contribution in [-0.2, 0) is 10.4 Å². The van der Waals surface area contributed by atoms with Crippen LogP contribution in [0.5, 0.6) is 0 Å². The van der Waals surface area contributed by atoms with Gasteiger partial charge in [0.05, 0.1) is 12.1 Å². The second-order valence-corrected chi connectivity index (χ2v) is 8.38. The number of aryl methyl sites for hydroxylation is 1. The Hall–Kier alpha value is -2.76. The number of hydrogen-bond acceptors (Lipinski definition) is 6. The van der Waals surface area contributed by atoms with E-state index in [-0.39, 0.29) is 5.13 Å². The molecule has 0 saturated heterocycles. The number of aromatic nitrogens is 3. The van der Waals surface area contributed by atoms with E-state index in [1.807, 2.05) is 24.3 Å². The summed E-state index contributed by atoms with van der Waals surface area (Å²) in [6.07, 6.45) is -4.50. The molecule has 4 rings (SSSR count). The Kier molecular flexibility index (Phi) is 5.12. The van der Waals surface area contributed by atoms with Gasteiger partial charge in [0.2, 0.25) is 11.5 Å². The van der Waals surface area contributed by atoms with Crippen LogP contribution in [0.2, 0.25) is 0 Å². The SMILES string of the molecule is Cc1csc(C(O)(CC(=O)Nc2nc(-c3c[nH]c4ccccc34)cs2)C(F)(F)F)n1. The quantitative estimate of drug-likeness (QED) is 0.404. The third-order valence-electron chi connectivity index (χ3n) is 4.47. The van der Waals surface area contributed by atoms with Crippen LogP contribution in [0.15, 0.2) is 41.2 Å². The maximum Gasteiger partial charge on any atom is 0.424 e. The average molecular weight is 452 g/mol. The summed E-state index contributed by atoms with van der Waals surface area (Å²) in [7, 11) is 0. The van der Waals surface area contributed by atoms with Crippen molar-refractivity contribution in [2.24, 2.45) is 0 Å². The Labute approximate surface area is 176 Å². The predicted octanol–water partition coefficient (Wildman–Crippen LogP) is 4.84. The standard InChI is InChI=1S/C19H15F3N4O2S2/c1-10-8-29-16(24-10)18(28,19(20,21)22)6-15(27)26-17-25-14(9-30-17)12-7-23-13-5-3-2-4-11(12)13/h2-5,7-9,23,28H,6H2,1H3,(H,25,26,27). The fourth-order valence-corrected chi connectivity index (χ4v) is 4.62. The first kappa shape index (κ1) is 20.5. The molecule has 0 aliphatic carbocycles. The van der Waals surface area contributed by atoms with Gasteiger partial charge in [-0.2, -0.15) is 13.2 Å². The van der Waals surface area contributed by atoms with Gasteiger partial charge in [-0.3, -0.25) is 4.79 Å². The number of carbonyl (C=O) groups is 1. The number of benzene rings is 1. The minimum Gasteiger partial charge on any atom is -0.374 e. The molecule has 0 saturated carbocycles. The summed E-state index contributed by atoms with van der Waals surface area (Å²) in [6.45, 7) is 1.51. The maximum atomic E-state index is 13.6. The number of anilines is 1. The van der Waals surface area contributed by atoms with Gasteiger partial charge in [-0.1, -0.05) is 18.2 Å². The summed E-state index contributed by atoms with van der Waals surface area (Å²) < 4.78 is 40.7. The molecule has 3 heterocycles. The van der Waals surface area contributed by atoms with Gasteiger partial charge >= 0.3 is 6.18 Å². The number of rotatable bonds is 5. The molecule has 11 heteroatoms. The minimum atomic E-state index is -5.06. The number of thiazole rings is 2.